The van der Waals surface area contributed by atoms with Crippen molar-refractivity contribution in [3.8, 4) is 0 Å². The Morgan fingerprint density at radius 2 is 1.93 bits per heavy atom. The molecule has 29 heavy (non-hydrogen) atoms. The van der Waals surface area contributed by atoms with Gasteiger partial charge in [-0.05, 0) is 49.7 Å². The van der Waals surface area contributed by atoms with Crippen LogP contribution in [0.2, 0.25) is 0 Å². The molecule has 160 valence electrons. The molecule has 4 nitrogen and oxygen atoms in total. The molecule has 0 radical (unpaired) electrons. The monoisotopic (exact) mass is 409 g/mol. The number of hydrogen-bond acceptors (Lipinski definition) is 4. The van der Waals surface area contributed by atoms with Crippen LogP contribution in [0.4, 0.5) is 18.9 Å². The van der Waals surface area contributed by atoms with Gasteiger partial charge in [0.1, 0.15) is 0 Å². The molecule has 0 N–H and O–H groups in total. The van der Waals surface area contributed by atoms with Gasteiger partial charge in [-0.3, -0.25) is 4.98 Å². The van der Waals surface area contributed by atoms with Crippen LogP contribution in [0.15, 0.2) is 30.5 Å². The van der Waals surface area contributed by atoms with Crippen LogP contribution in [0, 0.1) is 5.92 Å². The van der Waals surface area contributed by atoms with Gasteiger partial charge in [-0.1, -0.05) is 20.8 Å². The lowest BCUT2D eigenvalue weighted by molar-refractivity contribution is -0.136. The Labute approximate surface area is 170 Å². The van der Waals surface area contributed by atoms with Crippen molar-refractivity contribution in [1.29, 1.82) is 0 Å². The molecule has 0 amide bonds. The van der Waals surface area contributed by atoms with Crippen molar-refractivity contribution in [2.24, 2.45) is 5.92 Å². The molecule has 1 fully saturated rings. The van der Waals surface area contributed by atoms with Crippen molar-refractivity contribution < 1.29 is 17.9 Å². The SMILES string of the molecule is CCN(CC)CCOC1C[C@H](C)CN(c2ccc(C(F)(F)F)c3ncccc23)C1. The van der Waals surface area contributed by atoms with Gasteiger partial charge in [-0.25, -0.2) is 0 Å². The normalized spacial score (nSPS) is 20.6. The number of aromatic nitrogens is 1. The van der Waals surface area contributed by atoms with E-state index < -0.39 is 11.7 Å². The Balaban J connectivity index is 1.80. The molecule has 2 atom stereocenters. The summed E-state index contributed by atoms with van der Waals surface area (Å²) in [4.78, 5) is 8.52. The van der Waals surface area contributed by atoms with Crippen LogP contribution in [0.3, 0.4) is 0 Å². The van der Waals surface area contributed by atoms with E-state index in [1.165, 1.54) is 6.20 Å². The molecular formula is C22H30F3N3O. The number of nitrogens with zero attached hydrogens (tertiary/aromatic N) is 3. The van der Waals surface area contributed by atoms with E-state index in [1.807, 2.05) is 0 Å². The van der Waals surface area contributed by atoms with E-state index in [2.05, 4.69) is 35.6 Å². The highest BCUT2D eigenvalue weighted by Gasteiger charge is 2.34. The number of likely N-dealkylation sites (N-methyl/N-ethyl adjacent to an activating group) is 1. The predicted octanol–water partition coefficient (Wildman–Crippen LogP) is 4.83. The van der Waals surface area contributed by atoms with E-state index in [4.69, 9.17) is 4.74 Å². The summed E-state index contributed by atoms with van der Waals surface area (Å²) >= 11 is 0. The minimum Gasteiger partial charge on any atom is -0.375 e. The van der Waals surface area contributed by atoms with Gasteiger partial charge in [0.15, 0.2) is 0 Å². The fraction of sp³-hybridized carbons (Fsp3) is 0.591. The summed E-state index contributed by atoms with van der Waals surface area (Å²) in [5.74, 6) is 0.399. The first kappa shape index (κ1) is 21.8. The average molecular weight is 409 g/mol. The molecule has 0 bridgehead atoms. The molecule has 1 aliphatic rings. The fourth-order valence-electron chi connectivity index (χ4n) is 4.16. The number of pyridine rings is 1. The van der Waals surface area contributed by atoms with Gasteiger partial charge in [0, 0.05) is 36.9 Å². The number of anilines is 1. The zero-order valence-electron chi connectivity index (χ0n) is 17.4. The van der Waals surface area contributed by atoms with Crippen LogP contribution in [-0.2, 0) is 10.9 Å². The Morgan fingerprint density at radius 1 is 1.17 bits per heavy atom. The molecule has 1 saturated heterocycles. The summed E-state index contributed by atoms with van der Waals surface area (Å²) in [6.07, 6.45) is -1.97. The van der Waals surface area contributed by atoms with E-state index in [9.17, 15) is 13.2 Å². The molecule has 7 heteroatoms. The second kappa shape index (κ2) is 9.30. The molecule has 0 aliphatic carbocycles. The second-order valence-electron chi connectivity index (χ2n) is 7.80. The number of alkyl halides is 3. The van der Waals surface area contributed by atoms with Crippen molar-refractivity contribution >= 4 is 16.6 Å². The smallest absolute Gasteiger partial charge is 0.375 e. The molecule has 2 aromatic rings. The molecule has 1 aromatic carbocycles. The molecule has 1 aromatic heterocycles. The summed E-state index contributed by atoms with van der Waals surface area (Å²) in [7, 11) is 0. The standard InChI is InChI=1S/C22H30F3N3O/c1-4-27(5-2)11-12-29-17-13-16(3)14-28(15-17)20-9-8-19(22(23,24)25)21-18(20)7-6-10-26-21/h6-10,16-17H,4-5,11-15H2,1-3H3/t16-,17?/m0/s1. The minimum atomic E-state index is -4.42. The number of piperidine rings is 1. The fourth-order valence-corrected chi connectivity index (χ4v) is 4.16. The van der Waals surface area contributed by atoms with Crippen LogP contribution in [-0.4, -0.2) is 55.3 Å². The van der Waals surface area contributed by atoms with Crippen molar-refractivity contribution in [1.82, 2.24) is 9.88 Å². The summed E-state index contributed by atoms with van der Waals surface area (Å²) in [6.45, 7) is 11.5. The Hall–Kier alpha value is -1.86. The van der Waals surface area contributed by atoms with Crippen molar-refractivity contribution in [2.75, 3.05) is 44.2 Å². The van der Waals surface area contributed by atoms with E-state index >= 15 is 0 Å². The minimum absolute atomic E-state index is 0.00901. The van der Waals surface area contributed by atoms with Gasteiger partial charge in [0.05, 0.1) is 23.8 Å². The topological polar surface area (TPSA) is 28.6 Å². The van der Waals surface area contributed by atoms with Gasteiger partial charge in [0.2, 0.25) is 0 Å². The summed E-state index contributed by atoms with van der Waals surface area (Å²) in [6, 6.07) is 6.15. The largest absolute Gasteiger partial charge is 0.418 e. The van der Waals surface area contributed by atoms with Gasteiger partial charge in [-0.2, -0.15) is 13.2 Å². The van der Waals surface area contributed by atoms with Gasteiger partial charge < -0.3 is 14.5 Å². The lowest BCUT2D eigenvalue weighted by atomic mass is 9.96. The highest BCUT2D eigenvalue weighted by atomic mass is 19.4. The Bertz CT molecular complexity index is 807. The van der Waals surface area contributed by atoms with Gasteiger partial charge >= 0.3 is 6.18 Å². The number of fused-ring (bicyclic) bond motifs is 1. The zero-order valence-corrected chi connectivity index (χ0v) is 17.4. The van der Waals surface area contributed by atoms with Crippen LogP contribution in [0.5, 0.6) is 0 Å². The third kappa shape index (κ3) is 5.20. The van der Waals surface area contributed by atoms with E-state index in [0.717, 1.165) is 44.4 Å². The molecule has 3 rings (SSSR count). The summed E-state index contributed by atoms with van der Waals surface area (Å²) in [5.41, 5.74) is 0.119. The number of benzene rings is 1. The maximum Gasteiger partial charge on any atom is 0.418 e. The van der Waals surface area contributed by atoms with Gasteiger partial charge in [-0.15, -0.1) is 0 Å². The molecule has 0 saturated carbocycles. The third-order valence-corrected chi connectivity index (χ3v) is 5.67. The Morgan fingerprint density at radius 3 is 2.62 bits per heavy atom. The van der Waals surface area contributed by atoms with Crippen molar-refractivity contribution in [2.45, 2.75) is 39.5 Å². The Kier molecular flexibility index (Phi) is 7.01. The summed E-state index contributed by atoms with van der Waals surface area (Å²) in [5, 5.41) is 0.540. The zero-order chi connectivity index (χ0) is 21.0. The molecule has 1 aliphatic heterocycles. The van der Waals surface area contributed by atoms with Crippen molar-refractivity contribution in [3.63, 3.8) is 0 Å². The van der Waals surface area contributed by atoms with Crippen LogP contribution in [0.25, 0.3) is 10.9 Å². The maximum atomic E-state index is 13.4. The number of ether oxygens (including phenoxy) is 1. The van der Waals surface area contributed by atoms with Crippen LogP contribution < -0.4 is 4.90 Å². The predicted molar refractivity (Wildman–Crippen MR) is 110 cm³/mol. The second-order valence-corrected chi connectivity index (χ2v) is 7.80. The average Bonchev–Trinajstić information content (AvgIpc) is 2.69. The number of hydrogen-bond donors (Lipinski definition) is 0. The maximum absolute atomic E-state index is 13.4. The first-order chi connectivity index (χ1) is 13.8. The lowest BCUT2D eigenvalue weighted by Gasteiger charge is -2.38. The van der Waals surface area contributed by atoms with Crippen LogP contribution in [0.1, 0.15) is 32.8 Å². The highest BCUT2D eigenvalue weighted by Crippen LogP contribution is 2.38. The first-order valence-corrected chi connectivity index (χ1v) is 10.4. The third-order valence-electron chi connectivity index (χ3n) is 5.67. The van der Waals surface area contributed by atoms with E-state index in [1.54, 1.807) is 18.2 Å². The lowest BCUT2D eigenvalue weighted by Crippen LogP contribution is -2.44. The van der Waals surface area contributed by atoms with Gasteiger partial charge in [0.25, 0.3) is 0 Å². The quantitative estimate of drug-likeness (QED) is 0.655. The highest BCUT2D eigenvalue weighted by molar-refractivity contribution is 5.94. The van der Waals surface area contributed by atoms with Crippen LogP contribution >= 0.6 is 0 Å². The molecular weight excluding hydrogens is 379 g/mol. The summed E-state index contributed by atoms with van der Waals surface area (Å²) < 4.78 is 46.4. The molecule has 2 heterocycles. The molecule has 1 unspecified atom stereocenters. The van der Waals surface area contributed by atoms with Crippen molar-refractivity contribution in [3.05, 3.63) is 36.0 Å². The first-order valence-electron chi connectivity index (χ1n) is 10.4. The number of halogens is 3. The van der Waals surface area contributed by atoms with E-state index in [0.29, 0.717) is 24.5 Å². The number of rotatable bonds is 7. The molecule has 0 spiro atoms. The van der Waals surface area contributed by atoms with E-state index in [-0.39, 0.29) is 11.6 Å².